The van der Waals surface area contributed by atoms with Crippen LogP contribution in [-0.4, -0.2) is 29.4 Å². The molecule has 0 bridgehead atoms. The van der Waals surface area contributed by atoms with Gasteiger partial charge < -0.3 is 18.6 Å². The first-order valence-corrected chi connectivity index (χ1v) is 6.26. The Labute approximate surface area is 104 Å². The molecule has 5 heteroatoms. The third kappa shape index (κ3) is 1.75. The van der Waals surface area contributed by atoms with Crippen molar-refractivity contribution in [3.63, 3.8) is 0 Å². The maximum Gasteiger partial charge on any atom is 0.532 e. The summed E-state index contributed by atoms with van der Waals surface area (Å²) in [6.07, 6.45) is 0. The second kappa shape index (κ2) is 3.07. The third-order valence-electron chi connectivity index (χ3n) is 4.66. The van der Waals surface area contributed by atoms with Gasteiger partial charge in [0.2, 0.25) is 0 Å². The molecule has 0 aromatic heterocycles. The van der Waals surface area contributed by atoms with Crippen molar-refractivity contribution in [1.29, 1.82) is 0 Å². The van der Waals surface area contributed by atoms with E-state index < -0.39 is 29.4 Å². The Hall–Kier alpha value is -0.0951. The van der Waals surface area contributed by atoms with Gasteiger partial charge in [-0.2, -0.15) is 0 Å². The van der Waals surface area contributed by atoms with Gasteiger partial charge in [-0.15, -0.1) is 0 Å². The van der Waals surface area contributed by atoms with Gasteiger partial charge in [0.25, 0.3) is 0 Å². The molecule has 0 atom stereocenters. The van der Waals surface area contributed by atoms with Crippen LogP contribution in [0.15, 0.2) is 0 Å². The summed E-state index contributed by atoms with van der Waals surface area (Å²) in [5.41, 5.74) is -1.76. The van der Waals surface area contributed by atoms with Crippen LogP contribution >= 0.6 is 0 Å². The van der Waals surface area contributed by atoms with E-state index in [4.69, 9.17) is 18.6 Å². The zero-order valence-electron chi connectivity index (χ0n) is 12.2. The molecule has 4 nitrogen and oxygen atoms in total. The van der Waals surface area contributed by atoms with Crippen LogP contribution in [-0.2, 0) is 18.6 Å². The highest BCUT2D eigenvalue weighted by molar-refractivity contribution is 6.55. The molecular weight excluding hydrogens is 219 g/mol. The van der Waals surface area contributed by atoms with E-state index in [1.54, 1.807) is 0 Å². The molecule has 17 heavy (non-hydrogen) atoms. The molecule has 0 amide bonds. The first-order chi connectivity index (χ1) is 7.33. The van der Waals surface area contributed by atoms with Gasteiger partial charge in [-0.1, -0.05) is 0 Å². The molecule has 2 fully saturated rings. The predicted molar refractivity (Wildman–Crippen MR) is 66.4 cm³/mol. The summed E-state index contributed by atoms with van der Waals surface area (Å²) < 4.78 is 23.9. The summed E-state index contributed by atoms with van der Waals surface area (Å²) >= 11 is 0. The third-order valence-corrected chi connectivity index (χ3v) is 4.66. The number of hydrogen-bond donors (Lipinski definition) is 0. The fourth-order valence-corrected chi connectivity index (χ4v) is 2.16. The SMILES string of the molecule is CC1(C)O[B-]2(OC1(C)C)OC(C)(C)C(C)(C)O2. The lowest BCUT2D eigenvalue weighted by Gasteiger charge is -2.36. The Bertz CT molecular complexity index is 277. The molecule has 2 saturated heterocycles. The first kappa shape index (κ1) is 13.3. The van der Waals surface area contributed by atoms with E-state index in [0.29, 0.717) is 0 Å². The van der Waals surface area contributed by atoms with Crippen LogP contribution in [0.25, 0.3) is 0 Å². The molecule has 0 aliphatic carbocycles. The van der Waals surface area contributed by atoms with Gasteiger partial charge in [-0.05, 0) is 55.4 Å². The van der Waals surface area contributed by atoms with Crippen molar-refractivity contribution in [2.45, 2.75) is 77.8 Å². The molecule has 0 unspecified atom stereocenters. The Morgan fingerprint density at radius 3 is 0.824 bits per heavy atom. The minimum absolute atomic E-state index is 0.441. The number of hydrogen-bond acceptors (Lipinski definition) is 4. The molecular formula is C12H24BO4-. The zero-order valence-corrected chi connectivity index (χ0v) is 12.2. The van der Waals surface area contributed by atoms with E-state index in [1.165, 1.54) is 0 Å². The largest absolute Gasteiger partial charge is 0.532 e. The van der Waals surface area contributed by atoms with Crippen molar-refractivity contribution in [2.24, 2.45) is 0 Å². The highest BCUT2D eigenvalue weighted by atomic mass is 16.9. The fourth-order valence-electron chi connectivity index (χ4n) is 2.16. The van der Waals surface area contributed by atoms with Crippen LogP contribution in [0.1, 0.15) is 55.4 Å². The first-order valence-electron chi connectivity index (χ1n) is 6.26. The van der Waals surface area contributed by atoms with Crippen molar-refractivity contribution >= 4 is 6.96 Å². The minimum atomic E-state index is -2.11. The number of rotatable bonds is 0. The van der Waals surface area contributed by atoms with E-state index in [2.05, 4.69) is 0 Å². The van der Waals surface area contributed by atoms with E-state index in [-0.39, 0.29) is 0 Å². The molecule has 2 aliphatic heterocycles. The summed E-state index contributed by atoms with van der Waals surface area (Å²) in [5, 5.41) is 0. The van der Waals surface area contributed by atoms with Gasteiger partial charge >= 0.3 is 6.96 Å². The zero-order chi connectivity index (χ0) is 13.3. The molecule has 2 heterocycles. The molecule has 0 N–H and O–H groups in total. The van der Waals surface area contributed by atoms with Crippen molar-refractivity contribution < 1.29 is 18.6 Å². The average molecular weight is 243 g/mol. The quantitative estimate of drug-likeness (QED) is 0.613. The van der Waals surface area contributed by atoms with Crippen LogP contribution in [0.4, 0.5) is 0 Å². The predicted octanol–water partition coefficient (Wildman–Crippen LogP) is 2.63. The average Bonchev–Trinajstić information content (AvgIpc) is 2.21. The smallest absolute Gasteiger partial charge is 0.512 e. The normalized spacial score (nSPS) is 35.3. The molecule has 2 aliphatic rings. The summed E-state index contributed by atoms with van der Waals surface area (Å²) in [7, 11) is 0. The van der Waals surface area contributed by atoms with E-state index in [9.17, 15) is 0 Å². The van der Waals surface area contributed by atoms with Crippen LogP contribution in [0.3, 0.4) is 0 Å². The highest BCUT2D eigenvalue weighted by Gasteiger charge is 2.63. The van der Waals surface area contributed by atoms with Gasteiger partial charge in [0, 0.05) is 22.4 Å². The summed E-state index contributed by atoms with van der Waals surface area (Å²) in [4.78, 5) is 0. The molecule has 0 saturated carbocycles. The van der Waals surface area contributed by atoms with Gasteiger partial charge in [-0.25, -0.2) is 0 Å². The maximum atomic E-state index is 5.98. The molecule has 0 aromatic carbocycles. The van der Waals surface area contributed by atoms with Crippen molar-refractivity contribution in [3.8, 4) is 0 Å². The van der Waals surface area contributed by atoms with Gasteiger partial charge in [0.15, 0.2) is 0 Å². The molecule has 0 radical (unpaired) electrons. The second-order valence-electron chi connectivity index (χ2n) is 7.09. The standard InChI is InChI=1S/C12H24BO4/c1-9(2)10(3,4)15-13(14-9)16-11(5,6)12(7,8)17-13/h1-8H3/q-1. The molecule has 0 aromatic rings. The molecule has 2 rings (SSSR count). The van der Waals surface area contributed by atoms with E-state index >= 15 is 0 Å². The van der Waals surface area contributed by atoms with Crippen LogP contribution in [0, 0.1) is 0 Å². The lowest BCUT2D eigenvalue weighted by Crippen LogP contribution is -2.43. The Morgan fingerprint density at radius 1 is 0.471 bits per heavy atom. The van der Waals surface area contributed by atoms with E-state index in [0.717, 1.165) is 0 Å². The Kier molecular flexibility index (Phi) is 2.41. The van der Waals surface area contributed by atoms with Crippen LogP contribution in [0.5, 0.6) is 0 Å². The minimum Gasteiger partial charge on any atom is -0.512 e. The topological polar surface area (TPSA) is 36.9 Å². The monoisotopic (exact) mass is 243 g/mol. The van der Waals surface area contributed by atoms with Gasteiger partial charge in [0.1, 0.15) is 0 Å². The lowest BCUT2D eigenvalue weighted by molar-refractivity contribution is 0.00578. The second-order valence-corrected chi connectivity index (χ2v) is 7.09. The summed E-state index contributed by atoms with van der Waals surface area (Å²) in [6.45, 7) is 13.8. The fraction of sp³-hybridized carbons (Fsp3) is 1.00. The van der Waals surface area contributed by atoms with Crippen molar-refractivity contribution in [1.82, 2.24) is 0 Å². The van der Waals surface area contributed by atoms with Gasteiger partial charge in [-0.3, -0.25) is 0 Å². The molecule has 100 valence electrons. The summed E-state index contributed by atoms with van der Waals surface area (Å²) in [6, 6.07) is 0. The maximum absolute atomic E-state index is 5.98. The van der Waals surface area contributed by atoms with Gasteiger partial charge in [0.05, 0.1) is 0 Å². The van der Waals surface area contributed by atoms with Crippen LogP contribution < -0.4 is 0 Å². The Morgan fingerprint density at radius 2 is 0.647 bits per heavy atom. The summed E-state index contributed by atoms with van der Waals surface area (Å²) in [5.74, 6) is 0. The Balaban J connectivity index is 2.33. The van der Waals surface area contributed by atoms with Crippen molar-refractivity contribution in [2.75, 3.05) is 0 Å². The highest BCUT2D eigenvalue weighted by Crippen LogP contribution is 2.51. The lowest BCUT2D eigenvalue weighted by atomic mass is 9.90. The molecule has 1 spiro atoms. The van der Waals surface area contributed by atoms with Crippen molar-refractivity contribution in [3.05, 3.63) is 0 Å². The van der Waals surface area contributed by atoms with Crippen LogP contribution in [0.2, 0.25) is 0 Å². The van der Waals surface area contributed by atoms with E-state index in [1.807, 2.05) is 55.4 Å².